The second-order valence-corrected chi connectivity index (χ2v) is 5.04. The van der Waals surface area contributed by atoms with Crippen molar-refractivity contribution in [2.75, 3.05) is 5.32 Å². The number of carbonyl (C=O) groups is 2. The van der Waals surface area contributed by atoms with E-state index in [1.54, 1.807) is 12.3 Å². The van der Waals surface area contributed by atoms with E-state index in [2.05, 4.69) is 10.3 Å². The molecule has 0 unspecified atom stereocenters. The number of aldehydes is 1. The molecule has 5 heteroatoms. The van der Waals surface area contributed by atoms with Crippen LogP contribution in [-0.4, -0.2) is 17.2 Å². The van der Waals surface area contributed by atoms with Gasteiger partial charge < -0.3 is 9.73 Å². The van der Waals surface area contributed by atoms with E-state index in [0.29, 0.717) is 23.1 Å². The lowest BCUT2D eigenvalue weighted by molar-refractivity contribution is -0.123. The molecule has 0 saturated heterocycles. The van der Waals surface area contributed by atoms with Crippen molar-refractivity contribution in [3.8, 4) is 0 Å². The van der Waals surface area contributed by atoms with Gasteiger partial charge in [0.1, 0.15) is 5.52 Å². The van der Waals surface area contributed by atoms with E-state index in [9.17, 15) is 9.59 Å². The molecule has 0 bridgehead atoms. The van der Waals surface area contributed by atoms with Gasteiger partial charge in [0, 0.05) is 17.7 Å². The van der Waals surface area contributed by atoms with Gasteiger partial charge in [-0.1, -0.05) is 20.8 Å². The van der Waals surface area contributed by atoms with Gasteiger partial charge in [0.15, 0.2) is 17.6 Å². The first kappa shape index (κ1) is 12.3. The molecule has 0 aliphatic carbocycles. The van der Waals surface area contributed by atoms with Crippen molar-refractivity contribution in [2.24, 2.45) is 5.41 Å². The number of carbonyl (C=O) groups excluding carboxylic acids is 2. The molecule has 94 valence electrons. The first-order valence-electron chi connectivity index (χ1n) is 5.57. The zero-order valence-electron chi connectivity index (χ0n) is 10.5. The molecule has 2 rings (SSSR count). The van der Waals surface area contributed by atoms with Gasteiger partial charge in [-0.15, -0.1) is 0 Å². The SMILES string of the molecule is CC(C)(C)C(=O)Nc1ccnc2cc(C=O)oc12. The highest BCUT2D eigenvalue weighted by Crippen LogP contribution is 2.26. The summed E-state index contributed by atoms with van der Waals surface area (Å²) in [5.41, 5.74) is 0.976. The lowest BCUT2D eigenvalue weighted by Gasteiger charge is -2.17. The lowest BCUT2D eigenvalue weighted by Crippen LogP contribution is -2.27. The zero-order chi connectivity index (χ0) is 13.3. The van der Waals surface area contributed by atoms with Gasteiger partial charge in [-0.3, -0.25) is 14.6 Å². The van der Waals surface area contributed by atoms with Crippen LogP contribution in [-0.2, 0) is 4.79 Å². The molecule has 2 aromatic rings. The van der Waals surface area contributed by atoms with Crippen molar-refractivity contribution in [1.29, 1.82) is 0 Å². The maximum absolute atomic E-state index is 11.9. The van der Waals surface area contributed by atoms with E-state index in [1.807, 2.05) is 20.8 Å². The van der Waals surface area contributed by atoms with Gasteiger partial charge >= 0.3 is 0 Å². The number of nitrogens with zero attached hydrogens (tertiary/aromatic N) is 1. The van der Waals surface area contributed by atoms with Crippen LogP contribution in [0.4, 0.5) is 5.69 Å². The maximum Gasteiger partial charge on any atom is 0.229 e. The van der Waals surface area contributed by atoms with E-state index < -0.39 is 5.41 Å². The molecule has 18 heavy (non-hydrogen) atoms. The van der Waals surface area contributed by atoms with Crippen molar-refractivity contribution < 1.29 is 14.0 Å². The number of hydrogen-bond acceptors (Lipinski definition) is 4. The third-order valence-corrected chi connectivity index (χ3v) is 2.48. The Labute approximate surface area is 104 Å². The monoisotopic (exact) mass is 246 g/mol. The summed E-state index contributed by atoms with van der Waals surface area (Å²) in [5.74, 6) is 0.0639. The second-order valence-electron chi connectivity index (χ2n) is 5.04. The Hall–Kier alpha value is -2.17. The Morgan fingerprint density at radius 1 is 1.44 bits per heavy atom. The molecular weight excluding hydrogens is 232 g/mol. The van der Waals surface area contributed by atoms with Crippen molar-refractivity contribution in [1.82, 2.24) is 4.98 Å². The van der Waals surface area contributed by atoms with Crippen molar-refractivity contribution in [3.63, 3.8) is 0 Å². The third-order valence-electron chi connectivity index (χ3n) is 2.48. The molecular formula is C13H14N2O3. The highest BCUT2D eigenvalue weighted by molar-refractivity contribution is 6.01. The Morgan fingerprint density at radius 3 is 2.78 bits per heavy atom. The molecule has 2 heterocycles. The largest absolute Gasteiger partial charge is 0.449 e. The Morgan fingerprint density at radius 2 is 2.17 bits per heavy atom. The fourth-order valence-electron chi connectivity index (χ4n) is 1.42. The Kier molecular flexibility index (Phi) is 2.90. The molecule has 1 amide bonds. The van der Waals surface area contributed by atoms with E-state index >= 15 is 0 Å². The van der Waals surface area contributed by atoms with Crippen LogP contribution in [0, 0.1) is 5.41 Å². The molecule has 0 atom stereocenters. The molecule has 0 fully saturated rings. The fourth-order valence-corrected chi connectivity index (χ4v) is 1.42. The van der Waals surface area contributed by atoms with Crippen molar-refractivity contribution >= 4 is 29.0 Å². The fraction of sp³-hybridized carbons (Fsp3) is 0.308. The minimum atomic E-state index is -0.504. The van der Waals surface area contributed by atoms with E-state index in [-0.39, 0.29) is 11.7 Å². The average Bonchev–Trinajstić information content (AvgIpc) is 2.71. The third kappa shape index (κ3) is 2.25. The standard InChI is InChI=1S/C13H14N2O3/c1-13(2,3)12(17)15-9-4-5-14-10-6-8(7-16)18-11(9)10/h4-7H,1-3H3,(H,14,15,17). The van der Waals surface area contributed by atoms with E-state index in [1.165, 1.54) is 6.07 Å². The highest BCUT2D eigenvalue weighted by Gasteiger charge is 2.22. The number of rotatable bonds is 2. The summed E-state index contributed by atoms with van der Waals surface area (Å²) >= 11 is 0. The number of anilines is 1. The smallest absolute Gasteiger partial charge is 0.229 e. The van der Waals surface area contributed by atoms with Crippen molar-refractivity contribution in [3.05, 3.63) is 24.1 Å². The minimum absolute atomic E-state index is 0.126. The second kappa shape index (κ2) is 4.25. The van der Waals surface area contributed by atoms with Gasteiger partial charge in [-0.05, 0) is 6.07 Å². The molecule has 0 spiro atoms. The number of aromatic nitrogens is 1. The summed E-state index contributed by atoms with van der Waals surface area (Å²) in [6.45, 7) is 5.46. The molecule has 0 saturated carbocycles. The number of nitrogens with one attached hydrogen (secondary N) is 1. The van der Waals surface area contributed by atoms with E-state index in [0.717, 1.165) is 0 Å². The summed E-state index contributed by atoms with van der Waals surface area (Å²) in [6.07, 6.45) is 2.17. The van der Waals surface area contributed by atoms with Crippen LogP contribution in [0.3, 0.4) is 0 Å². The number of amides is 1. The normalized spacial score (nSPS) is 11.5. The van der Waals surface area contributed by atoms with Gasteiger partial charge in [-0.2, -0.15) is 0 Å². The van der Waals surface area contributed by atoms with Gasteiger partial charge in [-0.25, -0.2) is 0 Å². The summed E-state index contributed by atoms with van der Waals surface area (Å²) in [7, 11) is 0. The van der Waals surface area contributed by atoms with Crippen LogP contribution < -0.4 is 5.32 Å². The summed E-state index contributed by atoms with van der Waals surface area (Å²) in [5, 5.41) is 2.77. The average molecular weight is 246 g/mol. The topological polar surface area (TPSA) is 72.2 Å². The predicted octanol–water partition coefficient (Wildman–Crippen LogP) is 2.62. The molecule has 5 nitrogen and oxygen atoms in total. The molecule has 1 N–H and O–H groups in total. The van der Waals surface area contributed by atoms with Crippen LogP contribution in [0.5, 0.6) is 0 Å². The summed E-state index contributed by atoms with van der Waals surface area (Å²) in [4.78, 5) is 26.6. The first-order chi connectivity index (χ1) is 8.41. The summed E-state index contributed by atoms with van der Waals surface area (Å²) < 4.78 is 5.32. The van der Waals surface area contributed by atoms with Crippen molar-refractivity contribution in [2.45, 2.75) is 20.8 Å². The maximum atomic E-state index is 11.9. The predicted molar refractivity (Wildman–Crippen MR) is 67.5 cm³/mol. The minimum Gasteiger partial charge on any atom is -0.449 e. The molecule has 0 aliphatic rings. The van der Waals surface area contributed by atoms with E-state index in [4.69, 9.17) is 4.42 Å². The quantitative estimate of drug-likeness (QED) is 0.827. The molecule has 0 aromatic carbocycles. The van der Waals surface area contributed by atoms with Gasteiger partial charge in [0.05, 0.1) is 5.69 Å². The molecule has 0 aliphatic heterocycles. The number of furan rings is 1. The van der Waals surface area contributed by atoms with Gasteiger partial charge in [0.2, 0.25) is 5.91 Å². The van der Waals surface area contributed by atoms with Crippen LogP contribution in [0.1, 0.15) is 31.3 Å². The lowest BCUT2D eigenvalue weighted by atomic mass is 9.95. The summed E-state index contributed by atoms with van der Waals surface area (Å²) in [6, 6.07) is 3.18. The Balaban J connectivity index is 2.42. The van der Waals surface area contributed by atoms with Gasteiger partial charge in [0.25, 0.3) is 0 Å². The highest BCUT2D eigenvalue weighted by atomic mass is 16.3. The number of hydrogen-bond donors (Lipinski definition) is 1. The number of fused-ring (bicyclic) bond motifs is 1. The van der Waals surface area contributed by atoms with Crippen LogP contribution in [0.15, 0.2) is 22.7 Å². The molecule has 0 radical (unpaired) electrons. The molecule has 2 aromatic heterocycles. The Bertz CT molecular complexity index is 608. The first-order valence-corrected chi connectivity index (χ1v) is 5.57. The van der Waals surface area contributed by atoms with Crippen LogP contribution >= 0.6 is 0 Å². The van der Waals surface area contributed by atoms with Crippen LogP contribution in [0.25, 0.3) is 11.1 Å². The zero-order valence-corrected chi connectivity index (χ0v) is 10.5. The number of pyridine rings is 1. The van der Waals surface area contributed by atoms with Crippen LogP contribution in [0.2, 0.25) is 0 Å².